The van der Waals surface area contributed by atoms with Crippen LogP contribution in [0.25, 0.3) is 0 Å². The first-order valence-corrected chi connectivity index (χ1v) is 7.31. The summed E-state index contributed by atoms with van der Waals surface area (Å²) >= 11 is 0. The van der Waals surface area contributed by atoms with E-state index in [9.17, 15) is 18.0 Å². The summed E-state index contributed by atoms with van der Waals surface area (Å²) in [6.07, 6.45) is 1.21. The van der Waals surface area contributed by atoms with Crippen LogP contribution in [0, 0.1) is 5.82 Å². The summed E-state index contributed by atoms with van der Waals surface area (Å²) in [4.78, 5) is 17.3. The number of benzene rings is 1. The lowest BCUT2D eigenvalue weighted by Gasteiger charge is -2.37. The van der Waals surface area contributed by atoms with E-state index in [2.05, 4.69) is 10.1 Å². The molecule has 5 nitrogen and oxygen atoms in total. The van der Waals surface area contributed by atoms with Crippen molar-refractivity contribution in [2.45, 2.75) is 24.8 Å². The number of carbonyl (C=O) groups excluding carboxylic acids is 1. The first-order chi connectivity index (χ1) is 10.9. The first kappa shape index (κ1) is 14.2. The van der Waals surface area contributed by atoms with Gasteiger partial charge in [-0.15, -0.1) is 5.10 Å². The molecule has 23 heavy (non-hydrogen) atoms. The second kappa shape index (κ2) is 4.81. The molecule has 0 spiro atoms. The molecule has 120 valence electrons. The lowest BCUT2D eigenvalue weighted by atomic mass is 10.0. The van der Waals surface area contributed by atoms with E-state index >= 15 is 0 Å². The van der Waals surface area contributed by atoms with Crippen LogP contribution in [-0.2, 0) is 6.42 Å². The van der Waals surface area contributed by atoms with Crippen LogP contribution in [0.2, 0.25) is 0 Å². The van der Waals surface area contributed by atoms with Crippen LogP contribution in [0.5, 0.6) is 0 Å². The Morgan fingerprint density at radius 1 is 1.26 bits per heavy atom. The van der Waals surface area contributed by atoms with Crippen LogP contribution >= 0.6 is 0 Å². The van der Waals surface area contributed by atoms with Gasteiger partial charge in [0, 0.05) is 12.0 Å². The number of hydrogen-bond acceptors (Lipinski definition) is 3. The molecule has 1 saturated heterocycles. The van der Waals surface area contributed by atoms with Gasteiger partial charge in [0.2, 0.25) is 5.82 Å². The maximum absolute atomic E-state index is 14.0. The van der Waals surface area contributed by atoms with E-state index in [-0.39, 0.29) is 17.7 Å². The van der Waals surface area contributed by atoms with E-state index in [1.807, 2.05) is 0 Å². The SMILES string of the molecule is O=C(c1nc2n(n1)[C@H](c1ccccc1F)CC2)N1CC(F)(F)C1. The van der Waals surface area contributed by atoms with Crippen LogP contribution in [-0.4, -0.2) is 44.6 Å². The third kappa shape index (κ3) is 2.29. The zero-order chi connectivity index (χ0) is 16.2. The Labute approximate surface area is 129 Å². The molecule has 2 aromatic rings. The number of amides is 1. The van der Waals surface area contributed by atoms with Gasteiger partial charge in [0.05, 0.1) is 19.1 Å². The van der Waals surface area contributed by atoms with Crippen LogP contribution in [0.1, 0.15) is 34.5 Å². The van der Waals surface area contributed by atoms with E-state index in [4.69, 9.17) is 0 Å². The fourth-order valence-electron chi connectivity index (χ4n) is 3.08. The van der Waals surface area contributed by atoms with Gasteiger partial charge in [-0.25, -0.2) is 22.8 Å². The first-order valence-electron chi connectivity index (χ1n) is 7.31. The number of alkyl halides is 2. The fourth-order valence-corrected chi connectivity index (χ4v) is 3.08. The summed E-state index contributed by atoms with van der Waals surface area (Å²) in [7, 11) is 0. The molecule has 0 aliphatic carbocycles. The average Bonchev–Trinajstić information content (AvgIpc) is 3.05. The molecule has 1 amide bonds. The largest absolute Gasteiger partial charge is 0.324 e. The second-order valence-electron chi connectivity index (χ2n) is 5.89. The number of aryl methyl sites for hydroxylation is 1. The summed E-state index contributed by atoms with van der Waals surface area (Å²) in [6, 6.07) is 6.07. The Bertz CT molecular complexity index is 781. The molecule has 4 rings (SSSR count). The van der Waals surface area contributed by atoms with Crippen LogP contribution < -0.4 is 0 Å². The fraction of sp³-hybridized carbons (Fsp3) is 0.400. The summed E-state index contributed by atoms with van der Waals surface area (Å²) in [5, 5.41) is 4.14. The molecule has 3 heterocycles. The number of carbonyl (C=O) groups is 1. The lowest BCUT2D eigenvalue weighted by molar-refractivity contribution is -0.113. The third-order valence-corrected chi connectivity index (χ3v) is 4.23. The second-order valence-corrected chi connectivity index (χ2v) is 5.89. The van der Waals surface area contributed by atoms with Crippen LogP contribution in [0.3, 0.4) is 0 Å². The number of likely N-dealkylation sites (tertiary alicyclic amines) is 1. The molecule has 2 aliphatic heterocycles. The summed E-state index contributed by atoms with van der Waals surface area (Å²) in [5.41, 5.74) is 0.491. The molecule has 0 N–H and O–H groups in total. The topological polar surface area (TPSA) is 51.0 Å². The summed E-state index contributed by atoms with van der Waals surface area (Å²) < 4.78 is 41.2. The van der Waals surface area contributed by atoms with Crippen molar-refractivity contribution in [2.75, 3.05) is 13.1 Å². The van der Waals surface area contributed by atoms with Crippen LogP contribution in [0.4, 0.5) is 13.2 Å². The van der Waals surface area contributed by atoms with Crippen molar-refractivity contribution < 1.29 is 18.0 Å². The number of aromatic nitrogens is 3. The van der Waals surface area contributed by atoms with E-state index in [1.165, 1.54) is 10.7 Å². The summed E-state index contributed by atoms with van der Waals surface area (Å²) in [5.74, 6) is -3.29. The number of nitrogens with zero attached hydrogens (tertiary/aromatic N) is 4. The predicted molar refractivity (Wildman–Crippen MR) is 73.7 cm³/mol. The Kier molecular flexibility index (Phi) is 2.97. The number of rotatable bonds is 2. The molecule has 1 aromatic carbocycles. The van der Waals surface area contributed by atoms with Crippen molar-refractivity contribution in [2.24, 2.45) is 0 Å². The summed E-state index contributed by atoms with van der Waals surface area (Å²) in [6.45, 7) is -1.21. The Morgan fingerprint density at radius 3 is 2.70 bits per heavy atom. The minimum atomic E-state index is -2.83. The number of fused-ring (bicyclic) bond motifs is 1. The number of halogens is 3. The molecule has 1 atom stereocenters. The average molecular weight is 322 g/mol. The molecule has 8 heteroatoms. The highest BCUT2D eigenvalue weighted by Gasteiger charge is 2.47. The van der Waals surface area contributed by atoms with Gasteiger partial charge in [0.15, 0.2) is 0 Å². The molecular formula is C15H13F3N4O. The van der Waals surface area contributed by atoms with E-state index in [0.717, 1.165) is 4.90 Å². The molecule has 0 bridgehead atoms. The van der Waals surface area contributed by atoms with Gasteiger partial charge in [-0.1, -0.05) is 18.2 Å². The normalized spacial score (nSPS) is 21.9. The van der Waals surface area contributed by atoms with Gasteiger partial charge < -0.3 is 4.90 Å². The molecule has 2 aliphatic rings. The molecule has 0 unspecified atom stereocenters. The predicted octanol–water partition coefficient (Wildman–Crippen LogP) is 2.04. The van der Waals surface area contributed by atoms with E-state index in [1.54, 1.807) is 18.2 Å². The highest BCUT2D eigenvalue weighted by molar-refractivity contribution is 5.91. The van der Waals surface area contributed by atoms with Gasteiger partial charge in [-0.2, -0.15) is 0 Å². The molecular weight excluding hydrogens is 309 g/mol. The van der Waals surface area contributed by atoms with Crippen molar-refractivity contribution in [1.82, 2.24) is 19.7 Å². The monoisotopic (exact) mass is 322 g/mol. The van der Waals surface area contributed by atoms with Crippen LogP contribution in [0.15, 0.2) is 24.3 Å². The van der Waals surface area contributed by atoms with Gasteiger partial charge in [0.25, 0.3) is 11.8 Å². The smallest absolute Gasteiger partial charge is 0.293 e. The zero-order valence-corrected chi connectivity index (χ0v) is 12.0. The standard InChI is InChI=1S/C15H13F3N4O/c16-10-4-2-1-3-9(10)11-5-6-12-19-13(20-22(11)12)14(23)21-7-15(17,18)8-21/h1-4,11H,5-8H2/t11-/m0/s1. The Morgan fingerprint density at radius 2 is 2.00 bits per heavy atom. The molecule has 0 saturated carbocycles. The maximum atomic E-state index is 14.0. The van der Waals surface area contributed by atoms with Crippen molar-refractivity contribution >= 4 is 5.91 Å². The van der Waals surface area contributed by atoms with Crippen molar-refractivity contribution in [1.29, 1.82) is 0 Å². The van der Waals surface area contributed by atoms with Crippen molar-refractivity contribution in [3.05, 3.63) is 47.3 Å². The molecule has 1 aromatic heterocycles. The van der Waals surface area contributed by atoms with E-state index in [0.29, 0.717) is 24.2 Å². The van der Waals surface area contributed by atoms with Crippen molar-refractivity contribution in [3.8, 4) is 0 Å². The third-order valence-electron chi connectivity index (χ3n) is 4.23. The van der Waals surface area contributed by atoms with E-state index < -0.39 is 24.9 Å². The van der Waals surface area contributed by atoms with Gasteiger partial charge in [-0.3, -0.25) is 4.79 Å². The van der Waals surface area contributed by atoms with Gasteiger partial charge in [0.1, 0.15) is 11.6 Å². The highest BCUT2D eigenvalue weighted by Crippen LogP contribution is 2.32. The maximum Gasteiger partial charge on any atom is 0.293 e. The van der Waals surface area contributed by atoms with Gasteiger partial charge >= 0.3 is 0 Å². The Hall–Kier alpha value is -2.38. The molecule has 0 radical (unpaired) electrons. The highest BCUT2D eigenvalue weighted by atomic mass is 19.3. The minimum absolute atomic E-state index is 0.100. The quantitative estimate of drug-likeness (QED) is 0.850. The zero-order valence-electron chi connectivity index (χ0n) is 12.0. The van der Waals surface area contributed by atoms with Crippen molar-refractivity contribution in [3.63, 3.8) is 0 Å². The molecule has 1 fully saturated rings. The minimum Gasteiger partial charge on any atom is -0.324 e. The lowest BCUT2D eigenvalue weighted by Crippen LogP contribution is -2.58. The number of hydrogen-bond donors (Lipinski definition) is 0. The Balaban J connectivity index is 1.60. The van der Waals surface area contributed by atoms with Gasteiger partial charge in [-0.05, 0) is 12.5 Å².